The lowest BCUT2D eigenvalue weighted by atomic mass is 10.2. The summed E-state index contributed by atoms with van der Waals surface area (Å²) in [5, 5.41) is 16.6. The lowest BCUT2D eigenvalue weighted by molar-refractivity contribution is -0.384. The number of non-ortho nitro benzene ring substituents is 1. The highest BCUT2D eigenvalue weighted by molar-refractivity contribution is 5.84. The topological polar surface area (TPSA) is 93.5 Å². The van der Waals surface area contributed by atoms with Crippen molar-refractivity contribution in [1.29, 1.82) is 0 Å². The maximum Gasteiger partial charge on any atom is 0.275 e. The predicted molar refractivity (Wildman–Crippen MR) is 80.6 cm³/mol. The van der Waals surface area contributed by atoms with Crippen LogP contribution in [0.25, 0.3) is 0 Å². The summed E-state index contributed by atoms with van der Waals surface area (Å²) in [6.07, 6.45) is -0.0966. The molecule has 2 N–H and O–H groups in total. The van der Waals surface area contributed by atoms with Crippen molar-refractivity contribution in [3.8, 4) is 5.75 Å². The van der Waals surface area contributed by atoms with Crippen LogP contribution in [0.4, 0.5) is 11.4 Å². The first-order chi connectivity index (χ1) is 9.83. The number of amides is 1. The van der Waals surface area contributed by atoms with Crippen LogP contribution in [0, 0.1) is 10.1 Å². The second kappa shape index (κ2) is 7.47. The summed E-state index contributed by atoms with van der Waals surface area (Å²) in [5.74, 6) is 0.222. The number of nitro groups is 1. The minimum Gasteiger partial charge on any atom is -0.491 e. The highest BCUT2D eigenvalue weighted by Gasteiger charge is 2.16. The van der Waals surface area contributed by atoms with E-state index in [9.17, 15) is 14.9 Å². The van der Waals surface area contributed by atoms with Crippen molar-refractivity contribution in [2.75, 3.05) is 11.9 Å². The molecule has 116 valence electrons. The van der Waals surface area contributed by atoms with E-state index in [1.54, 1.807) is 13.0 Å². The van der Waals surface area contributed by atoms with E-state index in [0.29, 0.717) is 18.0 Å². The summed E-state index contributed by atoms with van der Waals surface area (Å²) in [7, 11) is 0. The quantitative estimate of drug-likeness (QED) is 0.594. The third-order valence-electron chi connectivity index (χ3n) is 2.60. The van der Waals surface area contributed by atoms with Crippen LogP contribution < -0.4 is 15.4 Å². The average Bonchev–Trinajstić information content (AvgIpc) is 2.37. The Morgan fingerprint density at radius 2 is 2.00 bits per heavy atom. The largest absolute Gasteiger partial charge is 0.491 e. The summed E-state index contributed by atoms with van der Waals surface area (Å²) in [5.41, 5.74) is 0.386. The van der Waals surface area contributed by atoms with E-state index in [1.807, 2.05) is 20.8 Å². The van der Waals surface area contributed by atoms with Crippen molar-refractivity contribution < 1.29 is 14.5 Å². The van der Waals surface area contributed by atoms with Gasteiger partial charge in [0.2, 0.25) is 5.91 Å². The number of carbonyl (C=O) groups excluding carboxylic acids is 1. The highest BCUT2D eigenvalue weighted by atomic mass is 16.6. The molecule has 0 bridgehead atoms. The minimum atomic E-state index is -0.501. The van der Waals surface area contributed by atoms with E-state index in [1.165, 1.54) is 12.1 Å². The SMILES string of the molecule is CCNC(=O)C(C)Nc1cc(OC(C)C)cc([N+](=O)[O-])c1. The van der Waals surface area contributed by atoms with Gasteiger partial charge in [-0.25, -0.2) is 0 Å². The molecule has 1 aromatic rings. The van der Waals surface area contributed by atoms with E-state index in [0.717, 1.165) is 0 Å². The molecule has 0 aliphatic rings. The Balaban J connectivity index is 2.97. The van der Waals surface area contributed by atoms with Gasteiger partial charge in [0, 0.05) is 24.4 Å². The molecule has 1 aromatic carbocycles. The number of hydrogen-bond acceptors (Lipinski definition) is 5. The van der Waals surface area contributed by atoms with Crippen molar-refractivity contribution in [1.82, 2.24) is 5.32 Å². The normalized spacial score (nSPS) is 11.9. The fourth-order valence-corrected chi connectivity index (χ4v) is 1.76. The highest BCUT2D eigenvalue weighted by Crippen LogP contribution is 2.27. The van der Waals surface area contributed by atoms with Gasteiger partial charge in [-0.2, -0.15) is 0 Å². The third-order valence-corrected chi connectivity index (χ3v) is 2.60. The number of nitro benzene ring substituents is 1. The molecule has 0 aliphatic heterocycles. The minimum absolute atomic E-state index is 0.0845. The first-order valence-corrected chi connectivity index (χ1v) is 6.83. The third kappa shape index (κ3) is 5.29. The fraction of sp³-hybridized carbons (Fsp3) is 0.500. The first-order valence-electron chi connectivity index (χ1n) is 6.83. The zero-order chi connectivity index (χ0) is 16.0. The van der Waals surface area contributed by atoms with Gasteiger partial charge in [-0.3, -0.25) is 14.9 Å². The zero-order valence-corrected chi connectivity index (χ0v) is 12.7. The summed E-state index contributed by atoms with van der Waals surface area (Å²) >= 11 is 0. The van der Waals surface area contributed by atoms with Crippen molar-refractivity contribution in [2.24, 2.45) is 0 Å². The van der Waals surface area contributed by atoms with Gasteiger partial charge in [0.25, 0.3) is 5.69 Å². The zero-order valence-electron chi connectivity index (χ0n) is 12.7. The van der Waals surface area contributed by atoms with Crippen LogP contribution in [0.2, 0.25) is 0 Å². The van der Waals surface area contributed by atoms with Gasteiger partial charge in [-0.15, -0.1) is 0 Å². The average molecular weight is 295 g/mol. The smallest absolute Gasteiger partial charge is 0.275 e. The van der Waals surface area contributed by atoms with Gasteiger partial charge in [0.05, 0.1) is 17.1 Å². The van der Waals surface area contributed by atoms with Crippen LogP contribution in [0.5, 0.6) is 5.75 Å². The monoisotopic (exact) mass is 295 g/mol. The Bertz CT molecular complexity index is 517. The summed E-state index contributed by atoms with van der Waals surface area (Å²) in [4.78, 5) is 22.2. The number of likely N-dealkylation sites (N-methyl/N-ethyl adjacent to an activating group) is 1. The molecule has 1 rings (SSSR count). The molecule has 0 fully saturated rings. The van der Waals surface area contributed by atoms with Crippen molar-refractivity contribution in [3.63, 3.8) is 0 Å². The van der Waals surface area contributed by atoms with E-state index in [-0.39, 0.29) is 17.7 Å². The lowest BCUT2D eigenvalue weighted by Crippen LogP contribution is -2.37. The molecule has 0 spiro atoms. The van der Waals surface area contributed by atoms with Crippen molar-refractivity contribution in [3.05, 3.63) is 28.3 Å². The number of anilines is 1. The number of benzene rings is 1. The fourth-order valence-electron chi connectivity index (χ4n) is 1.76. The molecule has 0 saturated heterocycles. The number of nitrogens with zero attached hydrogens (tertiary/aromatic N) is 1. The molecule has 7 heteroatoms. The van der Waals surface area contributed by atoms with Crippen LogP contribution in [-0.4, -0.2) is 29.5 Å². The Morgan fingerprint density at radius 1 is 1.33 bits per heavy atom. The standard InChI is InChI=1S/C14H21N3O4/c1-5-15-14(18)10(4)16-11-6-12(17(19)20)8-13(7-11)21-9(2)3/h6-10,16H,5H2,1-4H3,(H,15,18). The van der Waals surface area contributed by atoms with Crippen LogP contribution in [-0.2, 0) is 4.79 Å². The molecule has 0 aromatic heterocycles. The second-order valence-corrected chi connectivity index (χ2v) is 4.90. The number of rotatable bonds is 7. The van der Waals surface area contributed by atoms with Gasteiger partial charge in [-0.05, 0) is 27.7 Å². The van der Waals surface area contributed by atoms with Gasteiger partial charge in [0.15, 0.2) is 0 Å². The van der Waals surface area contributed by atoms with Gasteiger partial charge in [-0.1, -0.05) is 0 Å². The van der Waals surface area contributed by atoms with E-state index >= 15 is 0 Å². The molecule has 0 saturated carbocycles. The molecule has 21 heavy (non-hydrogen) atoms. The number of nitrogens with one attached hydrogen (secondary N) is 2. The molecule has 1 amide bonds. The number of carbonyl (C=O) groups is 1. The van der Waals surface area contributed by atoms with E-state index in [4.69, 9.17) is 4.74 Å². The van der Waals surface area contributed by atoms with Crippen molar-refractivity contribution >= 4 is 17.3 Å². The molecular weight excluding hydrogens is 274 g/mol. The number of ether oxygens (including phenoxy) is 1. The maximum absolute atomic E-state index is 11.7. The first kappa shape index (κ1) is 16.7. The lowest BCUT2D eigenvalue weighted by Gasteiger charge is -2.16. The van der Waals surface area contributed by atoms with Crippen molar-refractivity contribution in [2.45, 2.75) is 39.8 Å². The Labute approximate surface area is 123 Å². The van der Waals surface area contributed by atoms with E-state index in [2.05, 4.69) is 10.6 Å². The molecule has 7 nitrogen and oxygen atoms in total. The maximum atomic E-state index is 11.7. The second-order valence-electron chi connectivity index (χ2n) is 4.90. The summed E-state index contributed by atoms with van der Waals surface area (Å²) in [6, 6.07) is 3.88. The Morgan fingerprint density at radius 3 is 2.52 bits per heavy atom. The number of hydrogen-bond donors (Lipinski definition) is 2. The summed E-state index contributed by atoms with van der Waals surface area (Å²) < 4.78 is 5.49. The molecule has 0 radical (unpaired) electrons. The van der Waals surface area contributed by atoms with Crippen LogP contribution >= 0.6 is 0 Å². The molecule has 0 aliphatic carbocycles. The molecule has 1 unspecified atom stereocenters. The Hall–Kier alpha value is -2.31. The van der Waals surface area contributed by atoms with Gasteiger partial charge in [0.1, 0.15) is 11.8 Å². The Kier molecular flexibility index (Phi) is 5.95. The van der Waals surface area contributed by atoms with Gasteiger partial charge >= 0.3 is 0 Å². The molecule has 0 heterocycles. The summed E-state index contributed by atoms with van der Waals surface area (Å²) in [6.45, 7) is 7.72. The van der Waals surface area contributed by atoms with Crippen LogP contribution in [0.1, 0.15) is 27.7 Å². The molecular formula is C14H21N3O4. The van der Waals surface area contributed by atoms with Crippen LogP contribution in [0.15, 0.2) is 18.2 Å². The van der Waals surface area contributed by atoms with E-state index < -0.39 is 11.0 Å². The van der Waals surface area contributed by atoms with Crippen LogP contribution in [0.3, 0.4) is 0 Å². The predicted octanol–water partition coefficient (Wildman–Crippen LogP) is 2.32. The van der Waals surface area contributed by atoms with Gasteiger partial charge < -0.3 is 15.4 Å². The molecule has 1 atom stereocenters.